The summed E-state index contributed by atoms with van der Waals surface area (Å²) in [5.41, 5.74) is 8.64. The van der Waals surface area contributed by atoms with Crippen LogP contribution in [0.15, 0.2) is 24.3 Å². The summed E-state index contributed by atoms with van der Waals surface area (Å²) in [6.07, 6.45) is 5.27. The highest BCUT2D eigenvalue weighted by atomic mass is 16.5. The van der Waals surface area contributed by atoms with Gasteiger partial charge in [0.2, 0.25) is 0 Å². The van der Waals surface area contributed by atoms with Gasteiger partial charge in [0, 0.05) is 32.0 Å². The Labute approximate surface area is 119 Å². The first-order valence-corrected chi connectivity index (χ1v) is 7.35. The van der Waals surface area contributed by atoms with Crippen LogP contribution in [0.4, 0.5) is 0 Å². The summed E-state index contributed by atoms with van der Waals surface area (Å²) in [6.45, 7) is 0. The van der Waals surface area contributed by atoms with E-state index in [1.54, 1.807) is 0 Å². The van der Waals surface area contributed by atoms with E-state index in [0.717, 1.165) is 31.4 Å². The van der Waals surface area contributed by atoms with Crippen molar-refractivity contribution in [3.63, 3.8) is 0 Å². The first-order chi connectivity index (χ1) is 9.63. The number of rotatable bonds is 5. The molecule has 3 rings (SSSR count). The molecule has 1 heterocycles. The average molecular weight is 273 g/mol. The fourth-order valence-electron chi connectivity index (χ4n) is 3.30. The lowest BCUT2D eigenvalue weighted by molar-refractivity contribution is -0.0813. The predicted molar refractivity (Wildman–Crippen MR) is 80.6 cm³/mol. The summed E-state index contributed by atoms with van der Waals surface area (Å²) in [5, 5.41) is 5.84. The van der Waals surface area contributed by atoms with Crippen LogP contribution in [-0.4, -0.2) is 28.5 Å². The summed E-state index contributed by atoms with van der Waals surface area (Å²) in [7, 11) is 3.79. The Balaban J connectivity index is 1.76. The van der Waals surface area contributed by atoms with Gasteiger partial charge in [0.05, 0.1) is 16.8 Å². The third-order valence-electron chi connectivity index (χ3n) is 4.62. The van der Waals surface area contributed by atoms with E-state index in [4.69, 9.17) is 10.5 Å². The number of nitrogens with zero attached hydrogens (tertiary/aromatic N) is 2. The maximum Gasteiger partial charge on any atom is 0.0718 e. The van der Waals surface area contributed by atoms with Crippen molar-refractivity contribution in [2.45, 2.75) is 43.7 Å². The number of benzene rings is 1. The van der Waals surface area contributed by atoms with Crippen LogP contribution in [0.2, 0.25) is 0 Å². The Bertz CT molecular complexity index is 595. The number of ether oxygens (including phenoxy) is 1. The minimum absolute atomic E-state index is 0.0317. The smallest absolute Gasteiger partial charge is 0.0718 e. The molecule has 0 radical (unpaired) electrons. The molecule has 20 heavy (non-hydrogen) atoms. The SMILES string of the molecule is COC1(CC(N)Cc2nn(C)c3ccccc23)CCC1. The Morgan fingerprint density at radius 2 is 2.15 bits per heavy atom. The zero-order chi connectivity index (χ0) is 14.2. The quantitative estimate of drug-likeness (QED) is 0.910. The van der Waals surface area contributed by atoms with Crippen LogP contribution in [-0.2, 0) is 18.2 Å². The van der Waals surface area contributed by atoms with Crippen molar-refractivity contribution in [3.05, 3.63) is 30.0 Å². The van der Waals surface area contributed by atoms with Gasteiger partial charge in [-0.1, -0.05) is 18.2 Å². The van der Waals surface area contributed by atoms with Crippen LogP contribution < -0.4 is 5.73 Å². The zero-order valence-corrected chi connectivity index (χ0v) is 12.3. The molecule has 2 N–H and O–H groups in total. The van der Waals surface area contributed by atoms with Gasteiger partial charge in [-0.15, -0.1) is 0 Å². The topological polar surface area (TPSA) is 53.1 Å². The highest BCUT2D eigenvalue weighted by Crippen LogP contribution is 2.39. The maximum atomic E-state index is 6.35. The third-order valence-corrected chi connectivity index (χ3v) is 4.62. The molecule has 1 aromatic carbocycles. The average Bonchev–Trinajstić information content (AvgIpc) is 2.71. The van der Waals surface area contributed by atoms with Crippen LogP contribution in [0.5, 0.6) is 0 Å². The Kier molecular flexibility index (Phi) is 3.52. The molecule has 0 spiro atoms. The van der Waals surface area contributed by atoms with E-state index in [1.165, 1.54) is 17.3 Å². The zero-order valence-electron chi connectivity index (χ0n) is 12.3. The molecule has 1 aromatic heterocycles. The van der Waals surface area contributed by atoms with E-state index in [9.17, 15) is 0 Å². The second kappa shape index (κ2) is 5.19. The fraction of sp³-hybridized carbons (Fsp3) is 0.562. The maximum absolute atomic E-state index is 6.35. The third kappa shape index (κ3) is 2.34. The van der Waals surface area contributed by atoms with Gasteiger partial charge in [-0.2, -0.15) is 5.10 Å². The lowest BCUT2D eigenvalue weighted by Crippen LogP contribution is -2.45. The van der Waals surface area contributed by atoms with Crippen LogP contribution >= 0.6 is 0 Å². The number of methoxy groups -OCH3 is 1. The number of aryl methyl sites for hydroxylation is 1. The highest BCUT2D eigenvalue weighted by Gasteiger charge is 2.38. The minimum atomic E-state index is 0.0317. The second-order valence-electron chi connectivity index (χ2n) is 6.00. The number of fused-ring (bicyclic) bond motifs is 1. The second-order valence-corrected chi connectivity index (χ2v) is 6.00. The number of aromatic nitrogens is 2. The summed E-state index contributed by atoms with van der Waals surface area (Å²) in [5.74, 6) is 0. The fourth-order valence-corrected chi connectivity index (χ4v) is 3.30. The molecule has 0 bridgehead atoms. The molecule has 2 aromatic rings. The molecule has 108 valence electrons. The van der Waals surface area contributed by atoms with Crippen molar-refractivity contribution in [1.82, 2.24) is 9.78 Å². The molecular formula is C16H23N3O. The molecule has 4 heteroatoms. The van der Waals surface area contributed by atoms with Gasteiger partial charge in [0.25, 0.3) is 0 Å². The van der Waals surface area contributed by atoms with Crippen LogP contribution in [0, 0.1) is 0 Å². The van der Waals surface area contributed by atoms with Crippen molar-refractivity contribution in [1.29, 1.82) is 0 Å². The highest BCUT2D eigenvalue weighted by molar-refractivity contribution is 5.81. The van der Waals surface area contributed by atoms with Gasteiger partial charge in [-0.05, 0) is 31.7 Å². The standard InChI is InChI=1S/C16H23N3O/c1-19-15-7-4-3-6-13(15)14(18-19)10-12(17)11-16(20-2)8-5-9-16/h3-4,6-7,12H,5,8-11,17H2,1-2H3. The van der Waals surface area contributed by atoms with Gasteiger partial charge in [0.1, 0.15) is 0 Å². The van der Waals surface area contributed by atoms with Crippen LogP contribution in [0.3, 0.4) is 0 Å². The monoisotopic (exact) mass is 273 g/mol. The van der Waals surface area contributed by atoms with Crippen molar-refractivity contribution in [2.24, 2.45) is 12.8 Å². The van der Waals surface area contributed by atoms with E-state index in [1.807, 2.05) is 24.9 Å². The minimum Gasteiger partial charge on any atom is -0.378 e. The van der Waals surface area contributed by atoms with E-state index >= 15 is 0 Å². The molecule has 1 aliphatic rings. The molecular weight excluding hydrogens is 250 g/mol. The molecule has 1 fully saturated rings. The summed E-state index contributed by atoms with van der Waals surface area (Å²) in [4.78, 5) is 0. The van der Waals surface area contributed by atoms with Gasteiger partial charge >= 0.3 is 0 Å². The number of hydrogen-bond acceptors (Lipinski definition) is 3. The van der Waals surface area contributed by atoms with Crippen LogP contribution in [0.25, 0.3) is 10.9 Å². The summed E-state index contributed by atoms with van der Waals surface area (Å²) < 4.78 is 7.61. The van der Waals surface area contributed by atoms with Gasteiger partial charge in [-0.3, -0.25) is 4.68 Å². The molecule has 0 amide bonds. The van der Waals surface area contributed by atoms with E-state index < -0.39 is 0 Å². The Hall–Kier alpha value is -1.39. The first kappa shape index (κ1) is 13.6. The van der Waals surface area contributed by atoms with Crippen molar-refractivity contribution in [2.75, 3.05) is 7.11 Å². The lowest BCUT2D eigenvalue weighted by Gasteiger charge is -2.42. The molecule has 0 aliphatic heterocycles. The van der Waals surface area contributed by atoms with E-state index in [2.05, 4.69) is 23.3 Å². The van der Waals surface area contributed by atoms with Gasteiger partial charge in [-0.25, -0.2) is 0 Å². The molecule has 1 aliphatic carbocycles. The van der Waals surface area contributed by atoms with E-state index in [0.29, 0.717) is 0 Å². The largest absolute Gasteiger partial charge is 0.378 e. The van der Waals surface area contributed by atoms with Crippen molar-refractivity contribution < 1.29 is 4.74 Å². The van der Waals surface area contributed by atoms with Crippen molar-refractivity contribution >= 4 is 10.9 Å². The van der Waals surface area contributed by atoms with Gasteiger partial charge in [0.15, 0.2) is 0 Å². The Morgan fingerprint density at radius 3 is 2.80 bits per heavy atom. The predicted octanol–water partition coefficient (Wildman–Crippen LogP) is 2.40. The summed E-state index contributed by atoms with van der Waals surface area (Å²) >= 11 is 0. The number of nitrogens with two attached hydrogens (primary N) is 1. The summed E-state index contributed by atoms with van der Waals surface area (Å²) in [6, 6.07) is 8.43. The van der Waals surface area contributed by atoms with Crippen molar-refractivity contribution in [3.8, 4) is 0 Å². The first-order valence-electron chi connectivity index (χ1n) is 7.35. The molecule has 0 saturated heterocycles. The van der Waals surface area contributed by atoms with Crippen LogP contribution in [0.1, 0.15) is 31.4 Å². The number of para-hydroxylation sites is 1. The van der Waals surface area contributed by atoms with Gasteiger partial charge < -0.3 is 10.5 Å². The molecule has 1 saturated carbocycles. The molecule has 1 atom stereocenters. The lowest BCUT2D eigenvalue weighted by atomic mass is 9.75. The number of hydrogen-bond donors (Lipinski definition) is 1. The Morgan fingerprint density at radius 1 is 1.40 bits per heavy atom. The molecule has 4 nitrogen and oxygen atoms in total. The normalized spacial score (nSPS) is 18.9. The molecule has 1 unspecified atom stereocenters. The van der Waals surface area contributed by atoms with E-state index in [-0.39, 0.29) is 11.6 Å².